The van der Waals surface area contributed by atoms with E-state index in [4.69, 9.17) is 0 Å². The van der Waals surface area contributed by atoms with Crippen LogP contribution in [0.1, 0.15) is 60.8 Å². The fraction of sp³-hybridized carbons (Fsp3) is 0.769. The summed E-state index contributed by atoms with van der Waals surface area (Å²) in [6, 6.07) is 0. The van der Waals surface area contributed by atoms with Crippen LogP contribution in [0.2, 0.25) is 0 Å². The molecule has 0 atom stereocenters. The minimum absolute atomic E-state index is 0.203. The van der Waals surface area contributed by atoms with Gasteiger partial charge in [-0.3, -0.25) is 0 Å². The summed E-state index contributed by atoms with van der Waals surface area (Å²) < 4.78 is 11.8. The first kappa shape index (κ1) is 20.1. The normalized spacial score (nSPS) is 11.7. The van der Waals surface area contributed by atoms with Gasteiger partial charge in [-0.2, -0.15) is 0 Å². The number of nitrogens with one attached hydrogen (secondary N) is 4. The fourth-order valence-electron chi connectivity index (χ4n) is 1.47. The van der Waals surface area contributed by atoms with E-state index >= 15 is 0 Å². The molecule has 21 heavy (non-hydrogen) atoms. The second-order valence-corrected chi connectivity index (χ2v) is 11.2. The molecule has 8 heteroatoms. The predicted molar refractivity (Wildman–Crippen MR) is 78.2 cm³/mol. The quantitative estimate of drug-likeness (QED) is 0.490. The van der Waals surface area contributed by atoms with Gasteiger partial charge < -0.3 is 0 Å². The van der Waals surface area contributed by atoms with Gasteiger partial charge in [-0.15, -0.1) is 0 Å². The van der Waals surface area contributed by atoms with Gasteiger partial charge in [-0.05, 0) is 0 Å². The Morgan fingerprint density at radius 2 is 1.05 bits per heavy atom. The molecule has 0 aliphatic heterocycles. The molecule has 0 saturated carbocycles. The van der Waals surface area contributed by atoms with Gasteiger partial charge in [0.15, 0.2) is 0 Å². The maximum atomic E-state index is 11.8. The summed E-state index contributed by atoms with van der Waals surface area (Å²) in [5, 5.41) is 0. The van der Waals surface area contributed by atoms with Gasteiger partial charge in [0.25, 0.3) is 0 Å². The molecule has 0 aliphatic rings. The Balaban J connectivity index is 5.50. The number of carbonyl (C=O) groups excluding carboxylic acids is 3. The van der Waals surface area contributed by atoms with Crippen LogP contribution in [0.25, 0.3) is 0 Å². The molecule has 4 N–H and O–H groups in total. The summed E-state index contributed by atoms with van der Waals surface area (Å²) in [4.78, 5) is 35.5. The van der Waals surface area contributed by atoms with Crippen molar-refractivity contribution in [3.63, 3.8) is 0 Å². The van der Waals surface area contributed by atoms with Crippen molar-refractivity contribution in [2.75, 3.05) is 0 Å². The number of hydrogen-bond acceptors (Lipinski definition) is 4. The molecule has 0 fully saturated rings. The van der Waals surface area contributed by atoms with Crippen molar-refractivity contribution in [2.45, 2.75) is 66.3 Å². The monoisotopic (exact) mass is 381 g/mol. The van der Waals surface area contributed by atoms with E-state index in [2.05, 4.69) is 14.9 Å². The molecule has 7 nitrogen and oxygen atoms in total. The van der Waals surface area contributed by atoms with Crippen LogP contribution in [0, 0.1) is 0 Å². The third-order valence-electron chi connectivity index (χ3n) is 2.34. The Morgan fingerprint density at radius 1 is 0.762 bits per heavy atom. The zero-order valence-electron chi connectivity index (χ0n) is 13.8. The van der Waals surface area contributed by atoms with Gasteiger partial charge in [0.05, 0.1) is 0 Å². The van der Waals surface area contributed by atoms with Crippen molar-refractivity contribution in [2.24, 2.45) is 0 Å². The Bertz CT molecular complexity index is 348. The van der Waals surface area contributed by atoms with Crippen molar-refractivity contribution in [3.8, 4) is 0 Å². The Kier molecular flexibility index (Phi) is 8.17. The first-order chi connectivity index (χ1) is 9.57. The third-order valence-corrected chi connectivity index (χ3v) is 9.13. The topological polar surface area (TPSA) is 99.3 Å². The summed E-state index contributed by atoms with van der Waals surface area (Å²) in [6.45, 7) is 10.9. The molecule has 0 rings (SSSR count). The van der Waals surface area contributed by atoms with Crippen molar-refractivity contribution >= 4 is 17.7 Å². The second-order valence-electron chi connectivity index (χ2n) is 5.70. The van der Waals surface area contributed by atoms with Crippen LogP contribution in [0.4, 0.5) is 0 Å². The van der Waals surface area contributed by atoms with Crippen molar-refractivity contribution in [3.05, 3.63) is 0 Å². The molecule has 0 aromatic carbocycles. The summed E-state index contributed by atoms with van der Waals surface area (Å²) >= 11 is -4.00. The number of carbonyl (C=O) groups is 3. The predicted octanol–water partition coefficient (Wildman–Crippen LogP) is 0.767. The standard InChI is InChI=1S/C4H10N.3C3H7NO.Nb/c1-4(2,3)5;3*1-2-3(4)5;/h5H,1-3H3;3*2H2,1H3,(H2,4,5);/q-1;;;;+4/p-3. The van der Waals surface area contributed by atoms with Gasteiger partial charge in [0.2, 0.25) is 0 Å². The van der Waals surface area contributed by atoms with Crippen LogP contribution in [-0.2, 0) is 32.6 Å². The molecular weight excluding hydrogens is 353 g/mol. The number of amides is 3. The van der Waals surface area contributed by atoms with E-state index < -0.39 is 18.2 Å². The summed E-state index contributed by atoms with van der Waals surface area (Å²) in [5.74, 6) is -0.610. The first-order valence-electron chi connectivity index (χ1n) is 7.19. The van der Waals surface area contributed by atoms with Crippen molar-refractivity contribution in [1.29, 1.82) is 0 Å². The average molecular weight is 381 g/mol. The van der Waals surface area contributed by atoms with Crippen LogP contribution < -0.4 is 14.9 Å². The van der Waals surface area contributed by atoms with Crippen LogP contribution in [-0.4, -0.2) is 23.3 Å². The zero-order chi connectivity index (χ0) is 16.7. The van der Waals surface area contributed by atoms with Crippen molar-refractivity contribution < 1.29 is 32.6 Å². The molecule has 123 valence electrons. The molecule has 0 saturated heterocycles. The molecule has 0 aromatic rings. The SMILES string of the molecule is CCC(=O)[NH][Nb]([NH]C(=O)CC)([NH]C(=O)CC)[NH]C(C)(C)C. The molecule has 0 spiro atoms. The molecule has 0 bridgehead atoms. The van der Waals surface area contributed by atoms with Gasteiger partial charge in [0.1, 0.15) is 0 Å². The Labute approximate surface area is 131 Å². The van der Waals surface area contributed by atoms with E-state index in [1.807, 2.05) is 20.8 Å². The minimum atomic E-state index is -4.00. The summed E-state index contributed by atoms with van der Waals surface area (Å²) in [5.41, 5.74) is -0.366. The van der Waals surface area contributed by atoms with E-state index in [0.717, 1.165) is 0 Å². The van der Waals surface area contributed by atoms with Gasteiger partial charge in [-0.25, -0.2) is 0 Å². The molecule has 0 aliphatic carbocycles. The molecule has 0 unspecified atom stereocenters. The molecule has 0 aromatic heterocycles. The number of hydrogen-bond donors (Lipinski definition) is 4. The Hall–Kier alpha value is -0.890. The van der Waals surface area contributed by atoms with E-state index in [0.29, 0.717) is 0 Å². The molecule has 0 radical (unpaired) electrons. The first-order valence-corrected chi connectivity index (χ1v) is 11.6. The zero-order valence-corrected chi connectivity index (χ0v) is 16.0. The van der Waals surface area contributed by atoms with Crippen LogP contribution >= 0.6 is 0 Å². The van der Waals surface area contributed by atoms with Gasteiger partial charge in [0, 0.05) is 0 Å². The molecule has 0 heterocycles. The Morgan fingerprint density at radius 3 is 1.24 bits per heavy atom. The molecule has 3 amide bonds. The average Bonchev–Trinajstić information content (AvgIpc) is 2.35. The summed E-state index contributed by atoms with van der Waals surface area (Å²) in [7, 11) is 0. The van der Waals surface area contributed by atoms with E-state index in [1.165, 1.54) is 0 Å². The van der Waals surface area contributed by atoms with E-state index in [9.17, 15) is 14.4 Å². The third kappa shape index (κ3) is 8.21. The second kappa shape index (κ2) is 8.53. The van der Waals surface area contributed by atoms with E-state index in [-0.39, 0.29) is 42.5 Å². The van der Waals surface area contributed by atoms with Crippen molar-refractivity contribution in [1.82, 2.24) is 14.9 Å². The maximum absolute atomic E-state index is 11.8. The fourth-order valence-corrected chi connectivity index (χ4v) is 8.69. The van der Waals surface area contributed by atoms with Crippen LogP contribution in [0.5, 0.6) is 0 Å². The van der Waals surface area contributed by atoms with Crippen LogP contribution in [0.3, 0.4) is 0 Å². The van der Waals surface area contributed by atoms with Crippen LogP contribution in [0.15, 0.2) is 0 Å². The summed E-state index contributed by atoms with van der Waals surface area (Å²) in [6.07, 6.45) is 0.851. The number of rotatable bonds is 7. The van der Waals surface area contributed by atoms with Gasteiger partial charge in [-0.1, -0.05) is 0 Å². The van der Waals surface area contributed by atoms with Gasteiger partial charge >= 0.3 is 132 Å². The molecular formula is C13H28N4NbO3. The van der Waals surface area contributed by atoms with E-state index in [1.54, 1.807) is 20.8 Å².